The molecule has 0 radical (unpaired) electrons. The quantitative estimate of drug-likeness (QED) is 0.475. The lowest BCUT2D eigenvalue weighted by Crippen LogP contribution is -2.39. The van der Waals surface area contributed by atoms with Crippen molar-refractivity contribution >= 4 is 23.3 Å². The second kappa shape index (κ2) is 5.44. The van der Waals surface area contributed by atoms with Crippen molar-refractivity contribution in [2.75, 3.05) is 12.4 Å². The highest BCUT2D eigenvalue weighted by Crippen LogP contribution is 2.36. The number of halogens is 5. The summed E-state index contributed by atoms with van der Waals surface area (Å²) in [4.78, 5) is 3.90. The topological polar surface area (TPSA) is 35.0 Å². The SMILES string of the molecule is Cc1nc(SCCOC(F)(F)C(F)(F)F)ns1. The van der Waals surface area contributed by atoms with E-state index >= 15 is 0 Å². The summed E-state index contributed by atoms with van der Waals surface area (Å²) in [6.45, 7) is 0.964. The monoisotopic (exact) mass is 294 g/mol. The van der Waals surface area contributed by atoms with Crippen LogP contribution in [0, 0.1) is 6.92 Å². The van der Waals surface area contributed by atoms with Crippen LogP contribution < -0.4 is 0 Å². The van der Waals surface area contributed by atoms with E-state index in [-0.39, 0.29) is 5.75 Å². The average molecular weight is 294 g/mol. The number of rotatable bonds is 5. The van der Waals surface area contributed by atoms with Crippen LogP contribution in [0.25, 0.3) is 0 Å². The van der Waals surface area contributed by atoms with Crippen molar-refractivity contribution in [3.05, 3.63) is 5.01 Å². The lowest BCUT2D eigenvalue weighted by atomic mass is 10.6. The van der Waals surface area contributed by atoms with Gasteiger partial charge < -0.3 is 4.74 Å². The first-order chi connectivity index (χ1) is 7.72. The summed E-state index contributed by atoms with van der Waals surface area (Å²) < 4.78 is 66.9. The number of alkyl halides is 5. The van der Waals surface area contributed by atoms with Crippen LogP contribution in [0.2, 0.25) is 0 Å². The van der Waals surface area contributed by atoms with E-state index < -0.39 is 18.9 Å². The summed E-state index contributed by atoms with van der Waals surface area (Å²) in [5.74, 6) is -0.0815. The fraction of sp³-hybridized carbons (Fsp3) is 0.714. The predicted molar refractivity (Wildman–Crippen MR) is 52.3 cm³/mol. The van der Waals surface area contributed by atoms with Gasteiger partial charge in [0.2, 0.25) is 0 Å². The Balaban J connectivity index is 2.29. The van der Waals surface area contributed by atoms with E-state index in [1.807, 2.05) is 0 Å². The molecule has 0 spiro atoms. The second-order valence-electron chi connectivity index (χ2n) is 2.81. The van der Waals surface area contributed by atoms with Gasteiger partial charge >= 0.3 is 12.3 Å². The van der Waals surface area contributed by atoms with E-state index in [2.05, 4.69) is 14.1 Å². The minimum Gasteiger partial charge on any atom is -0.312 e. The number of aromatic nitrogens is 2. The molecule has 0 fully saturated rings. The third kappa shape index (κ3) is 4.36. The van der Waals surface area contributed by atoms with Gasteiger partial charge in [-0.2, -0.15) is 26.3 Å². The van der Waals surface area contributed by atoms with Gasteiger partial charge in [0.15, 0.2) is 5.16 Å². The summed E-state index contributed by atoms with van der Waals surface area (Å²) in [7, 11) is 0. The van der Waals surface area contributed by atoms with Gasteiger partial charge in [-0.1, -0.05) is 11.8 Å². The Morgan fingerprint density at radius 2 is 1.94 bits per heavy atom. The number of nitrogens with zero attached hydrogens (tertiary/aromatic N) is 2. The molecular formula is C7H7F5N2OS2. The van der Waals surface area contributed by atoms with Crippen LogP contribution in [0.1, 0.15) is 5.01 Å². The molecule has 17 heavy (non-hydrogen) atoms. The lowest BCUT2D eigenvalue weighted by molar-refractivity contribution is -0.389. The standard InChI is InChI=1S/C7H7F5N2OS2/c1-4-13-5(14-17-4)16-3-2-15-7(11,12)6(8,9)10/h2-3H2,1H3. The van der Waals surface area contributed by atoms with E-state index in [0.717, 1.165) is 23.3 Å². The molecule has 0 aliphatic rings. The minimum atomic E-state index is -5.69. The number of aryl methyl sites for hydroxylation is 1. The van der Waals surface area contributed by atoms with Crippen LogP contribution in [0.3, 0.4) is 0 Å². The number of thioether (sulfide) groups is 1. The van der Waals surface area contributed by atoms with Crippen LogP contribution in [0.15, 0.2) is 5.16 Å². The summed E-state index contributed by atoms with van der Waals surface area (Å²) >= 11 is 2.08. The zero-order valence-corrected chi connectivity index (χ0v) is 10.1. The summed E-state index contributed by atoms with van der Waals surface area (Å²) in [5.41, 5.74) is 0. The molecule has 0 aliphatic carbocycles. The number of hydrogen-bond acceptors (Lipinski definition) is 5. The van der Waals surface area contributed by atoms with Crippen molar-refractivity contribution in [2.45, 2.75) is 24.4 Å². The van der Waals surface area contributed by atoms with Crippen molar-refractivity contribution in [3.8, 4) is 0 Å². The molecule has 0 N–H and O–H groups in total. The molecule has 0 saturated carbocycles. The molecule has 1 heterocycles. The molecule has 0 atom stereocenters. The van der Waals surface area contributed by atoms with Crippen LogP contribution in [-0.4, -0.2) is 34.0 Å². The predicted octanol–water partition coefficient (Wildman–Crippen LogP) is 3.11. The number of ether oxygens (including phenoxy) is 1. The molecule has 0 aromatic carbocycles. The zero-order valence-electron chi connectivity index (χ0n) is 8.42. The largest absolute Gasteiger partial charge is 0.482 e. The molecule has 0 unspecified atom stereocenters. The fourth-order valence-electron chi connectivity index (χ4n) is 0.724. The van der Waals surface area contributed by atoms with Crippen molar-refractivity contribution in [2.24, 2.45) is 0 Å². The maximum Gasteiger partial charge on any atom is 0.482 e. The highest BCUT2D eigenvalue weighted by molar-refractivity contribution is 7.99. The minimum absolute atomic E-state index is 0.0815. The first kappa shape index (κ1) is 14.6. The smallest absolute Gasteiger partial charge is 0.312 e. The fourth-order valence-corrected chi connectivity index (χ4v) is 2.03. The van der Waals surface area contributed by atoms with E-state index in [1.54, 1.807) is 6.92 Å². The summed E-state index contributed by atoms with van der Waals surface area (Å²) in [5, 5.41) is 1.03. The Morgan fingerprint density at radius 1 is 1.29 bits per heavy atom. The van der Waals surface area contributed by atoms with Crippen LogP contribution in [-0.2, 0) is 4.74 Å². The van der Waals surface area contributed by atoms with Crippen LogP contribution >= 0.6 is 23.3 Å². The maximum atomic E-state index is 12.3. The molecule has 10 heteroatoms. The molecule has 0 amide bonds. The second-order valence-corrected chi connectivity index (χ2v) is 4.83. The third-order valence-electron chi connectivity index (χ3n) is 1.44. The van der Waals surface area contributed by atoms with Gasteiger partial charge in [0.25, 0.3) is 0 Å². The molecule has 0 saturated heterocycles. The van der Waals surface area contributed by atoms with Gasteiger partial charge in [-0.15, -0.1) is 0 Å². The zero-order chi connectivity index (χ0) is 13.1. The molecule has 1 aromatic heterocycles. The van der Waals surface area contributed by atoms with Crippen molar-refractivity contribution in [3.63, 3.8) is 0 Å². The van der Waals surface area contributed by atoms with Crippen molar-refractivity contribution in [1.82, 2.24) is 9.36 Å². The molecule has 0 aliphatic heterocycles. The van der Waals surface area contributed by atoms with Gasteiger partial charge in [0, 0.05) is 5.75 Å². The number of hydrogen-bond donors (Lipinski definition) is 0. The summed E-state index contributed by atoms with van der Waals surface area (Å²) in [6.07, 6.45) is -10.8. The highest BCUT2D eigenvalue weighted by Gasteiger charge is 2.59. The Labute approximate surface area is 102 Å². The Hall–Kier alpha value is -0.480. The normalized spacial score (nSPS) is 13.1. The van der Waals surface area contributed by atoms with Crippen molar-refractivity contribution in [1.29, 1.82) is 0 Å². The van der Waals surface area contributed by atoms with Crippen LogP contribution in [0.4, 0.5) is 22.0 Å². The van der Waals surface area contributed by atoms with Crippen molar-refractivity contribution < 1.29 is 26.7 Å². The van der Waals surface area contributed by atoms with Gasteiger partial charge in [0.1, 0.15) is 5.01 Å². The Bertz CT molecular complexity index is 367. The Morgan fingerprint density at radius 3 is 2.41 bits per heavy atom. The molecule has 3 nitrogen and oxygen atoms in total. The van der Waals surface area contributed by atoms with Gasteiger partial charge in [0.05, 0.1) is 6.61 Å². The maximum absolute atomic E-state index is 12.3. The lowest BCUT2D eigenvalue weighted by Gasteiger charge is -2.18. The molecule has 1 aromatic rings. The first-order valence-corrected chi connectivity index (χ1v) is 6.00. The third-order valence-corrected chi connectivity index (χ3v) is 2.98. The molecular weight excluding hydrogens is 287 g/mol. The highest BCUT2D eigenvalue weighted by atomic mass is 32.2. The molecule has 0 bridgehead atoms. The molecule has 98 valence electrons. The molecule has 1 rings (SSSR count). The van der Waals surface area contributed by atoms with Gasteiger partial charge in [-0.05, 0) is 18.5 Å². The Kier molecular flexibility index (Phi) is 4.67. The van der Waals surface area contributed by atoms with E-state index in [1.165, 1.54) is 0 Å². The van der Waals surface area contributed by atoms with E-state index in [4.69, 9.17) is 0 Å². The first-order valence-electron chi connectivity index (χ1n) is 4.24. The van der Waals surface area contributed by atoms with Gasteiger partial charge in [-0.3, -0.25) is 0 Å². The van der Waals surface area contributed by atoms with Gasteiger partial charge in [-0.25, -0.2) is 4.98 Å². The van der Waals surface area contributed by atoms with E-state index in [0.29, 0.717) is 10.2 Å². The van der Waals surface area contributed by atoms with Crippen LogP contribution in [0.5, 0.6) is 0 Å². The summed E-state index contributed by atoms with van der Waals surface area (Å²) in [6, 6.07) is 0. The van der Waals surface area contributed by atoms with E-state index in [9.17, 15) is 22.0 Å². The average Bonchev–Trinajstić information content (AvgIpc) is 2.57.